The zero-order valence-electron chi connectivity index (χ0n) is 48.5. The summed E-state index contributed by atoms with van der Waals surface area (Å²) in [5.41, 5.74) is 0. The molecule has 3 unspecified atom stereocenters. The number of hydrogen-bond donors (Lipinski definition) is 2. The molecule has 0 heterocycles. The zero-order chi connectivity index (χ0) is 55.5. The van der Waals surface area contributed by atoms with Crippen LogP contribution in [-0.2, 0) is 42.2 Å². The number of carbonyl (C=O) groups is 3. The minimum Gasteiger partial charge on any atom is -0.462 e. The molecule has 0 bridgehead atoms. The normalized spacial score (nSPS) is 13.9. The Balaban J connectivity index is 4.66. The van der Waals surface area contributed by atoms with Gasteiger partial charge in [-0.2, -0.15) is 0 Å². The second-order valence-electron chi connectivity index (χ2n) is 20.1. The van der Waals surface area contributed by atoms with Crippen molar-refractivity contribution in [2.24, 2.45) is 0 Å². The van der Waals surface area contributed by atoms with Crippen LogP contribution >= 0.6 is 7.82 Å². The average Bonchev–Trinajstić information content (AvgIpc) is 3.41. The fourth-order valence-electron chi connectivity index (χ4n) is 8.12. The largest absolute Gasteiger partial charge is 0.472 e. The molecule has 0 saturated carbocycles. The Bertz CT molecular complexity index is 1600. The van der Waals surface area contributed by atoms with Crippen molar-refractivity contribution >= 4 is 25.7 Å². The first-order valence-corrected chi connectivity index (χ1v) is 32.0. The van der Waals surface area contributed by atoms with E-state index in [4.69, 9.17) is 23.3 Å². The zero-order valence-corrected chi connectivity index (χ0v) is 49.3. The fraction of sp³-hybridized carbons (Fsp3) is 0.734. The lowest BCUT2D eigenvalue weighted by Crippen LogP contribution is -2.30. The summed E-state index contributed by atoms with van der Waals surface area (Å²) >= 11 is 0. The Morgan fingerprint density at radius 1 is 0.382 bits per heavy atom. The van der Waals surface area contributed by atoms with Crippen LogP contribution in [-0.4, -0.2) is 66.5 Å². The maximum Gasteiger partial charge on any atom is 0.472 e. The van der Waals surface area contributed by atoms with Crippen molar-refractivity contribution < 1.29 is 52.2 Å². The van der Waals surface area contributed by atoms with Gasteiger partial charge in [0.1, 0.15) is 12.7 Å². The Hall–Kier alpha value is -3.34. The predicted octanol–water partition coefficient (Wildman–Crippen LogP) is 18.3. The minimum atomic E-state index is -4.76. The van der Waals surface area contributed by atoms with Gasteiger partial charge in [0.25, 0.3) is 0 Å². The van der Waals surface area contributed by atoms with E-state index in [-0.39, 0.29) is 25.9 Å². The Kier molecular flexibility index (Phi) is 55.3. The molecule has 0 amide bonds. The molecular weight excluding hydrogens is 976 g/mol. The van der Waals surface area contributed by atoms with Crippen molar-refractivity contribution in [3.8, 4) is 0 Å². The molecule has 12 heteroatoms. The molecule has 0 fully saturated rings. The van der Waals surface area contributed by atoms with Crippen LogP contribution in [0.15, 0.2) is 85.1 Å². The van der Waals surface area contributed by atoms with Crippen molar-refractivity contribution in [2.45, 2.75) is 277 Å². The molecule has 0 aliphatic heterocycles. The quantitative estimate of drug-likeness (QED) is 0.0197. The van der Waals surface area contributed by atoms with Crippen molar-refractivity contribution in [3.63, 3.8) is 0 Å². The number of phosphoric acid groups is 1. The van der Waals surface area contributed by atoms with Crippen molar-refractivity contribution in [2.75, 3.05) is 26.4 Å². The topological polar surface area (TPSA) is 155 Å². The first-order chi connectivity index (χ1) is 37.2. The first kappa shape index (κ1) is 72.7. The van der Waals surface area contributed by atoms with E-state index in [1.807, 2.05) is 0 Å². The molecule has 0 aromatic carbocycles. The highest BCUT2D eigenvalue weighted by molar-refractivity contribution is 7.47. The molecule has 0 aromatic heterocycles. The Labute approximate surface area is 464 Å². The number of aliphatic hydroxyl groups is 1. The predicted molar refractivity (Wildman–Crippen MR) is 316 cm³/mol. The number of aliphatic hydroxyl groups excluding tert-OH is 1. The van der Waals surface area contributed by atoms with Crippen molar-refractivity contribution in [1.29, 1.82) is 0 Å². The van der Waals surface area contributed by atoms with E-state index in [1.165, 1.54) is 70.6 Å². The summed E-state index contributed by atoms with van der Waals surface area (Å²) in [6, 6.07) is 0. The van der Waals surface area contributed by atoms with Gasteiger partial charge in [0, 0.05) is 19.3 Å². The lowest BCUT2D eigenvalue weighted by molar-refractivity contribution is -0.161. The lowest BCUT2D eigenvalue weighted by atomic mass is 10.1. The molecule has 0 saturated heterocycles. The van der Waals surface area contributed by atoms with Gasteiger partial charge in [-0.1, -0.05) is 221 Å². The molecule has 0 aliphatic carbocycles. The molecule has 0 aromatic rings. The smallest absolute Gasteiger partial charge is 0.462 e. The number of allylic oxidation sites excluding steroid dienone is 14. The third kappa shape index (κ3) is 55.4. The van der Waals surface area contributed by atoms with Gasteiger partial charge in [0.15, 0.2) is 6.10 Å². The maximum absolute atomic E-state index is 12.9. The summed E-state index contributed by atoms with van der Waals surface area (Å²) < 4.78 is 39.6. The molecule has 0 aliphatic rings. The second kappa shape index (κ2) is 57.8. The van der Waals surface area contributed by atoms with Crippen LogP contribution in [0.1, 0.15) is 265 Å². The first-order valence-electron chi connectivity index (χ1n) is 30.5. The number of ether oxygens (including phenoxy) is 3. The van der Waals surface area contributed by atoms with Crippen molar-refractivity contribution in [1.82, 2.24) is 0 Å². The molecule has 76 heavy (non-hydrogen) atoms. The standard InChI is InChI=1S/C64H111O11P/c1-4-7-10-13-16-19-22-24-26-28-30-32-34-36-39-42-45-48-51-54-63(67)74-60(56-65)58-72-76(69,70)73-59-61(57-71-62(66)53-50-47-44-41-38-21-18-15-12-9-6-3)75-64(68)55-52-49-46-43-40-37-35-33-31-29-27-25-23-20-17-14-11-8-5-2/h8,11,15-20,24-27,31,33,60-61,65H,4-7,9-10,12-14,21-23,28-30,32,34-59H2,1-3H3,(H,69,70)/b11-8-,18-15-,19-16-,20-17-,26-24-,27-25-,33-31-. The summed E-state index contributed by atoms with van der Waals surface area (Å²) in [4.78, 5) is 48.6. The van der Waals surface area contributed by atoms with Crippen LogP contribution in [0.3, 0.4) is 0 Å². The van der Waals surface area contributed by atoms with Crippen LogP contribution < -0.4 is 0 Å². The maximum atomic E-state index is 12.9. The highest BCUT2D eigenvalue weighted by Crippen LogP contribution is 2.43. The van der Waals surface area contributed by atoms with Crippen LogP contribution in [0.5, 0.6) is 0 Å². The van der Waals surface area contributed by atoms with E-state index in [1.54, 1.807) is 0 Å². The highest BCUT2D eigenvalue weighted by atomic mass is 31.2. The number of unbranched alkanes of at least 4 members (excludes halogenated alkanes) is 25. The fourth-order valence-corrected chi connectivity index (χ4v) is 8.91. The Morgan fingerprint density at radius 2 is 0.697 bits per heavy atom. The van der Waals surface area contributed by atoms with Crippen LogP contribution in [0.2, 0.25) is 0 Å². The van der Waals surface area contributed by atoms with E-state index >= 15 is 0 Å². The molecular formula is C64H111O11P. The van der Waals surface area contributed by atoms with Gasteiger partial charge < -0.3 is 24.2 Å². The van der Waals surface area contributed by atoms with E-state index < -0.39 is 57.8 Å². The number of esters is 3. The van der Waals surface area contributed by atoms with Gasteiger partial charge in [-0.15, -0.1) is 0 Å². The van der Waals surface area contributed by atoms with Crippen LogP contribution in [0.25, 0.3) is 0 Å². The molecule has 3 atom stereocenters. The highest BCUT2D eigenvalue weighted by Gasteiger charge is 2.28. The average molecular weight is 1090 g/mol. The molecule has 11 nitrogen and oxygen atoms in total. The summed E-state index contributed by atoms with van der Waals surface area (Å²) in [7, 11) is -4.76. The van der Waals surface area contributed by atoms with Gasteiger partial charge in [0.05, 0.1) is 19.8 Å². The number of rotatable bonds is 56. The Morgan fingerprint density at radius 3 is 1.11 bits per heavy atom. The minimum absolute atomic E-state index is 0.147. The summed E-state index contributed by atoms with van der Waals surface area (Å²) in [5.74, 6) is -1.49. The molecule has 438 valence electrons. The van der Waals surface area contributed by atoms with Gasteiger partial charge in [-0.05, 0) is 109 Å². The molecule has 0 radical (unpaired) electrons. The number of hydrogen-bond acceptors (Lipinski definition) is 10. The SMILES string of the molecule is CC/C=C\C/C=C\C/C=C\C/C=C\CCCCCCCCC(=O)OC(COC(=O)CCCCCCC/C=C\CCCC)COP(=O)(O)OCC(CO)OC(=O)CCCCCCCCCCC/C=C\C/C=C\CCCCC. The second-order valence-corrected chi connectivity index (χ2v) is 21.6. The third-order valence-electron chi connectivity index (χ3n) is 12.8. The van der Waals surface area contributed by atoms with Gasteiger partial charge in [-0.25, -0.2) is 4.57 Å². The number of phosphoric ester groups is 1. The van der Waals surface area contributed by atoms with E-state index in [0.29, 0.717) is 19.3 Å². The summed E-state index contributed by atoms with van der Waals surface area (Å²) in [5, 5.41) is 9.84. The number of carbonyl (C=O) groups excluding carboxylic acids is 3. The molecule has 0 spiro atoms. The lowest BCUT2D eigenvalue weighted by Gasteiger charge is -2.21. The summed E-state index contributed by atoms with van der Waals surface area (Å²) in [6.45, 7) is 4.45. The van der Waals surface area contributed by atoms with Crippen molar-refractivity contribution in [3.05, 3.63) is 85.1 Å². The monoisotopic (exact) mass is 1090 g/mol. The van der Waals surface area contributed by atoms with E-state index in [2.05, 4.69) is 106 Å². The third-order valence-corrected chi connectivity index (χ3v) is 13.7. The van der Waals surface area contributed by atoms with Crippen LogP contribution in [0.4, 0.5) is 0 Å². The van der Waals surface area contributed by atoms with E-state index in [9.17, 15) is 28.9 Å². The van der Waals surface area contributed by atoms with Gasteiger partial charge in [-0.3, -0.25) is 23.4 Å². The molecule has 0 rings (SSSR count). The summed E-state index contributed by atoms with van der Waals surface area (Å²) in [6.07, 6.45) is 66.8. The molecule has 2 N–H and O–H groups in total. The van der Waals surface area contributed by atoms with Gasteiger partial charge in [0.2, 0.25) is 0 Å². The van der Waals surface area contributed by atoms with Gasteiger partial charge >= 0.3 is 25.7 Å². The van der Waals surface area contributed by atoms with E-state index in [0.717, 1.165) is 135 Å². The van der Waals surface area contributed by atoms with Crippen LogP contribution in [0, 0.1) is 0 Å².